The van der Waals surface area contributed by atoms with Crippen molar-refractivity contribution in [1.29, 1.82) is 0 Å². The van der Waals surface area contributed by atoms with Crippen molar-refractivity contribution < 1.29 is 8.42 Å². The second-order valence-electron chi connectivity index (χ2n) is 5.97. The SMILES string of the molecule is CCC1(C)CCN(S(=O)(=O)c2cc(CCl)ccc2Cl)CC1. The lowest BCUT2D eigenvalue weighted by atomic mass is 9.79. The van der Waals surface area contributed by atoms with E-state index >= 15 is 0 Å². The van der Waals surface area contributed by atoms with Crippen molar-refractivity contribution in [2.75, 3.05) is 13.1 Å². The molecule has 0 bridgehead atoms. The van der Waals surface area contributed by atoms with Crippen molar-refractivity contribution in [3.8, 4) is 0 Å². The zero-order valence-electron chi connectivity index (χ0n) is 12.4. The summed E-state index contributed by atoms with van der Waals surface area (Å²) in [6.45, 7) is 5.48. The third kappa shape index (κ3) is 3.55. The van der Waals surface area contributed by atoms with Crippen molar-refractivity contribution in [2.45, 2.75) is 43.9 Å². The summed E-state index contributed by atoms with van der Waals surface area (Å²) in [5, 5.41) is 0.257. The minimum Gasteiger partial charge on any atom is -0.207 e. The Bertz CT molecular complexity index is 608. The maximum atomic E-state index is 12.8. The van der Waals surface area contributed by atoms with E-state index in [2.05, 4.69) is 13.8 Å². The van der Waals surface area contributed by atoms with Crippen LogP contribution in [0.4, 0.5) is 0 Å². The predicted molar refractivity (Wildman–Crippen MR) is 87.4 cm³/mol. The Labute approximate surface area is 137 Å². The van der Waals surface area contributed by atoms with Crippen LogP contribution in [0.1, 0.15) is 38.7 Å². The summed E-state index contributed by atoms with van der Waals surface area (Å²) in [5.74, 6) is 0.271. The van der Waals surface area contributed by atoms with Crippen LogP contribution in [0.2, 0.25) is 5.02 Å². The average molecular weight is 350 g/mol. The molecule has 1 aromatic carbocycles. The molecular formula is C15H21Cl2NO2S. The quantitative estimate of drug-likeness (QED) is 0.760. The Hall–Kier alpha value is -0.290. The van der Waals surface area contributed by atoms with E-state index in [0.717, 1.165) is 24.8 Å². The van der Waals surface area contributed by atoms with E-state index < -0.39 is 10.0 Å². The fourth-order valence-corrected chi connectivity index (χ4v) is 4.72. The number of sulfonamides is 1. The van der Waals surface area contributed by atoms with E-state index in [4.69, 9.17) is 23.2 Å². The summed E-state index contributed by atoms with van der Waals surface area (Å²) < 4.78 is 27.1. The van der Waals surface area contributed by atoms with Crippen molar-refractivity contribution in [2.24, 2.45) is 5.41 Å². The van der Waals surface area contributed by atoms with Gasteiger partial charge in [0, 0.05) is 19.0 Å². The third-order valence-corrected chi connectivity index (χ3v) is 7.24. The molecule has 1 fully saturated rings. The molecule has 1 aromatic rings. The van der Waals surface area contributed by atoms with Crippen LogP contribution in [0.3, 0.4) is 0 Å². The van der Waals surface area contributed by atoms with Crippen molar-refractivity contribution in [3.63, 3.8) is 0 Å². The van der Waals surface area contributed by atoms with Crippen LogP contribution < -0.4 is 0 Å². The van der Waals surface area contributed by atoms with Crippen LogP contribution in [0.5, 0.6) is 0 Å². The van der Waals surface area contributed by atoms with Crippen LogP contribution in [0.25, 0.3) is 0 Å². The summed E-state index contributed by atoms with van der Waals surface area (Å²) in [6.07, 6.45) is 2.84. The maximum Gasteiger partial charge on any atom is 0.244 e. The first-order valence-corrected chi connectivity index (χ1v) is 9.52. The van der Waals surface area contributed by atoms with Gasteiger partial charge in [-0.15, -0.1) is 11.6 Å². The van der Waals surface area contributed by atoms with Crippen LogP contribution >= 0.6 is 23.2 Å². The maximum absolute atomic E-state index is 12.8. The number of halogens is 2. The number of alkyl halides is 1. The molecule has 1 saturated heterocycles. The van der Waals surface area contributed by atoms with Gasteiger partial charge in [-0.3, -0.25) is 0 Å². The van der Waals surface area contributed by atoms with Gasteiger partial charge >= 0.3 is 0 Å². The molecule has 118 valence electrons. The number of hydrogen-bond acceptors (Lipinski definition) is 2. The van der Waals surface area contributed by atoms with Crippen LogP contribution in [-0.2, 0) is 15.9 Å². The van der Waals surface area contributed by atoms with Gasteiger partial charge in [0.25, 0.3) is 0 Å². The molecule has 1 aliphatic rings. The number of rotatable bonds is 4. The molecule has 0 N–H and O–H groups in total. The van der Waals surface area contributed by atoms with Crippen molar-refractivity contribution in [3.05, 3.63) is 28.8 Å². The first-order valence-electron chi connectivity index (χ1n) is 7.17. The van der Waals surface area contributed by atoms with E-state index in [1.54, 1.807) is 22.5 Å². The summed E-state index contributed by atoms with van der Waals surface area (Å²) >= 11 is 11.9. The average Bonchev–Trinajstić information content (AvgIpc) is 2.48. The standard InChI is InChI=1S/C15H21Cl2NO2S/c1-3-15(2)6-8-18(9-7-15)21(19,20)14-10-12(11-16)4-5-13(14)17/h4-5,10H,3,6-9,11H2,1-2H3. The van der Waals surface area contributed by atoms with Crippen LogP contribution in [0, 0.1) is 5.41 Å². The lowest BCUT2D eigenvalue weighted by Gasteiger charge is -2.38. The molecule has 0 saturated carbocycles. The molecular weight excluding hydrogens is 329 g/mol. The van der Waals surface area contributed by atoms with Crippen LogP contribution in [0.15, 0.2) is 23.1 Å². The first-order chi connectivity index (χ1) is 9.82. The fraction of sp³-hybridized carbons (Fsp3) is 0.600. The zero-order chi connectivity index (χ0) is 15.7. The molecule has 0 atom stereocenters. The largest absolute Gasteiger partial charge is 0.244 e. The lowest BCUT2D eigenvalue weighted by molar-refractivity contribution is 0.169. The Morgan fingerprint density at radius 1 is 1.29 bits per heavy atom. The van der Waals surface area contributed by atoms with Gasteiger partial charge in [0.15, 0.2) is 0 Å². The Balaban J connectivity index is 2.27. The Morgan fingerprint density at radius 2 is 1.90 bits per heavy atom. The van der Waals surface area contributed by atoms with E-state index in [1.165, 1.54) is 0 Å². The number of nitrogens with zero attached hydrogens (tertiary/aromatic N) is 1. The lowest BCUT2D eigenvalue weighted by Crippen LogP contribution is -2.41. The minimum absolute atomic E-state index is 0.169. The minimum atomic E-state index is -3.54. The van der Waals surface area contributed by atoms with Gasteiger partial charge in [-0.1, -0.05) is 37.9 Å². The van der Waals surface area contributed by atoms with Gasteiger partial charge in [-0.05, 0) is 36.0 Å². The van der Waals surface area contributed by atoms with Crippen LogP contribution in [-0.4, -0.2) is 25.8 Å². The normalized spacial score (nSPS) is 19.6. The molecule has 6 heteroatoms. The van der Waals surface area contributed by atoms with E-state index in [-0.39, 0.29) is 21.2 Å². The molecule has 0 unspecified atom stereocenters. The number of piperidine rings is 1. The molecule has 0 aliphatic carbocycles. The van der Waals surface area contributed by atoms with Crippen molar-refractivity contribution >= 4 is 33.2 Å². The topological polar surface area (TPSA) is 37.4 Å². The predicted octanol–water partition coefficient (Wildman–Crippen LogP) is 4.28. The van der Waals surface area contributed by atoms with E-state index in [9.17, 15) is 8.42 Å². The number of benzene rings is 1. The molecule has 1 heterocycles. The van der Waals surface area contributed by atoms with Gasteiger partial charge in [-0.25, -0.2) is 8.42 Å². The highest BCUT2D eigenvalue weighted by molar-refractivity contribution is 7.89. The summed E-state index contributed by atoms with van der Waals surface area (Å²) in [7, 11) is -3.54. The van der Waals surface area contributed by atoms with Crippen molar-refractivity contribution in [1.82, 2.24) is 4.31 Å². The molecule has 0 aromatic heterocycles. The second kappa shape index (κ2) is 6.45. The fourth-order valence-electron chi connectivity index (χ4n) is 2.59. The van der Waals surface area contributed by atoms with Gasteiger partial charge < -0.3 is 0 Å². The summed E-state index contributed by atoms with van der Waals surface area (Å²) in [5.41, 5.74) is 1.00. The Morgan fingerprint density at radius 3 is 2.43 bits per heavy atom. The molecule has 0 spiro atoms. The zero-order valence-corrected chi connectivity index (χ0v) is 14.7. The Kier molecular flexibility index (Phi) is 5.24. The first kappa shape index (κ1) is 17.1. The molecule has 1 aliphatic heterocycles. The van der Waals surface area contributed by atoms with Gasteiger partial charge in [-0.2, -0.15) is 4.31 Å². The molecule has 21 heavy (non-hydrogen) atoms. The molecule has 3 nitrogen and oxygen atoms in total. The van der Waals surface area contributed by atoms with Gasteiger partial charge in [0.1, 0.15) is 4.90 Å². The highest BCUT2D eigenvalue weighted by Crippen LogP contribution is 2.36. The highest BCUT2D eigenvalue weighted by Gasteiger charge is 2.35. The third-order valence-electron chi connectivity index (χ3n) is 4.55. The molecule has 0 radical (unpaired) electrons. The summed E-state index contributed by atoms with van der Waals surface area (Å²) in [6, 6.07) is 4.93. The smallest absolute Gasteiger partial charge is 0.207 e. The molecule has 2 rings (SSSR count). The second-order valence-corrected chi connectivity index (χ2v) is 8.55. The van der Waals surface area contributed by atoms with Gasteiger partial charge in [0.05, 0.1) is 5.02 Å². The number of hydrogen-bond donors (Lipinski definition) is 0. The highest BCUT2D eigenvalue weighted by atomic mass is 35.5. The van der Waals surface area contributed by atoms with Gasteiger partial charge in [0.2, 0.25) is 10.0 Å². The van der Waals surface area contributed by atoms with E-state index in [1.807, 2.05) is 0 Å². The monoisotopic (exact) mass is 349 g/mol. The molecule has 0 amide bonds. The summed E-state index contributed by atoms with van der Waals surface area (Å²) in [4.78, 5) is 0.169. The van der Waals surface area contributed by atoms with E-state index in [0.29, 0.717) is 13.1 Å².